The molecule has 0 radical (unpaired) electrons. The Balaban J connectivity index is 1.81. The van der Waals surface area contributed by atoms with Crippen molar-refractivity contribution in [2.75, 3.05) is 38.5 Å². The van der Waals surface area contributed by atoms with E-state index in [0.717, 1.165) is 0 Å². The zero-order chi connectivity index (χ0) is 24.0. The molecule has 174 valence electrons. The molecule has 1 amide bonds. The summed E-state index contributed by atoms with van der Waals surface area (Å²) in [5, 5.41) is 2.72. The number of hydrogen-bond acceptors (Lipinski definition) is 7. The Morgan fingerprint density at radius 1 is 0.758 bits per heavy atom. The predicted octanol–water partition coefficient (Wildman–Crippen LogP) is 3.77. The molecule has 9 nitrogen and oxygen atoms in total. The highest BCUT2D eigenvalue weighted by Crippen LogP contribution is 2.32. The van der Waals surface area contributed by atoms with Crippen molar-refractivity contribution in [1.29, 1.82) is 0 Å². The van der Waals surface area contributed by atoms with Crippen LogP contribution in [-0.4, -0.2) is 42.8 Å². The molecule has 0 bridgehead atoms. The van der Waals surface area contributed by atoms with Crippen LogP contribution >= 0.6 is 0 Å². The van der Waals surface area contributed by atoms with Gasteiger partial charge in [-0.1, -0.05) is 6.07 Å². The molecule has 0 aliphatic heterocycles. The fourth-order valence-electron chi connectivity index (χ4n) is 3.08. The molecular weight excluding hydrogens is 448 g/mol. The van der Waals surface area contributed by atoms with Gasteiger partial charge in [-0.05, 0) is 48.5 Å². The second kappa shape index (κ2) is 10.1. The van der Waals surface area contributed by atoms with Crippen LogP contribution in [0.15, 0.2) is 65.6 Å². The average Bonchev–Trinajstić information content (AvgIpc) is 2.83. The van der Waals surface area contributed by atoms with Gasteiger partial charge in [0.05, 0.1) is 39.0 Å². The molecule has 0 saturated heterocycles. The van der Waals surface area contributed by atoms with Crippen LogP contribution in [0.1, 0.15) is 10.4 Å². The summed E-state index contributed by atoms with van der Waals surface area (Å²) >= 11 is 0. The highest BCUT2D eigenvalue weighted by molar-refractivity contribution is 7.92. The van der Waals surface area contributed by atoms with Gasteiger partial charge in [0.15, 0.2) is 0 Å². The molecule has 0 aliphatic rings. The zero-order valence-corrected chi connectivity index (χ0v) is 19.4. The van der Waals surface area contributed by atoms with E-state index in [9.17, 15) is 13.2 Å². The lowest BCUT2D eigenvalue weighted by atomic mass is 10.1. The molecule has 2 N–H and O–H groups in total. The van der Waals surface area contributed by atoms with Crippen LogP contribution in [-0.2, 0) is 10.0 Å². The van der Waals surface area contributed by atoms with Crippen molar-refractivity contribution in [1.82, 2.24) is 0 Å². The van der Waals surface area contributed by atoms with E-state index in [1.54, 1.807) is 30.3 Å². The summed E-state index contributed by atoms with van der Waals surface area (Å²) < 4.78 is 49.1. The minimum atomic E-state index is -3.93. The first-order valence-electron chi connectivity index (χ1n) is 9.70. The van der Waals surface area contributed by atoms with Gasteiger partial charge in [0, 0.05) is 11.8 Å². The SMILES string of the molecule is COc1ccc(OC)c(NS(=O)(=O)c2ccc(NC(=O)c3c(OC)cccc3OC)cc2)c1. The number of anilines is 2. The quantitative estimate of drug-likeness (QED) is 0.487. The van der Waals surface area contributed by atoms with E-state index in [1.807, 2.05) is 0 Å². The summed E-state index contributed by atoms with van der Waals surface area (Å²) in [5.41, 5.74) is 0.856. The number of nitrogens with one attached hydrogen (secondary N) is 2. The second-order valence-corrected chi connectivity index (χ2v) is 8.37. The molecule has 10 heteroatoms. The molecule has 3 aromatic carbocycles. The number of carbonyl (C=O) groups is 1. The Bertz CT molecular complexity index is 1220. The molecular formula is C23H24N2O7S. The van der Waals surface area contributed by atoms with Gasteiger partial charge in [0.2, 0.25) is 0 Å². The molecule has 0 fully saturated rings. The van der Waals surface area contributed by atoms with E-state index in [-0.39, 0.29) is 16.1 Å². The smallest absolute Gasteiger partial charge is 0.263 e. The third kappa shape index (κ3) is 5.29. The molecule has 3 rings (SSSR count). The molecule has 0 aromatic heterocycles. The summed E-state index contributed by atoms with van der Waals surface area (Å²) in [6.45, 7) is 0. The van der Waals surface area contributed by atoms with Gasteiger partial charge in [0.1, 0.15) is 28.6 Å². The van der Waals surface area contributed by atoms with Gasteiger partial charge in [0.25, 0.3) is 15.9 Å². The molecule has 0 unspecified atom stereocenters. The fourth-order valence-corrected chi connectivity index (χ4v) is 4.14. The van der Waals surface area contributed by atoms with Crippen molar-refractivity contribution in [3.63, 3.8) is 0 Å². The summed E-state index contributed by atoms with van der Waals surface area (Å²) in [6, 6.07) is 15.5. The van der Waals surface area contributed by atoms with Gasteiger partial charge in [-0.3, -0.25) is 9.52 Å². The minimum Gasteiger partial charge on any atom is -0.497 e. The number of methoxy groups -OCH3 is 4. The van der Waals surface area contributed by atoms with Crippen molar-refractivity contribution >= 4 is 27.3 Å². The summed E-state index contributed by atoms with van der Waals surface area (Å²) in [4.78, 5) is 12.8. The number of rotatable bonds is 9. The van der Waals surface area contributed by atoms with Crippen LogP contribution in [0.5, 0.6) is 23.0 Å². The number of sulfonamides is 1. The number of hydrogen-bond donors (Lipinski definition) is 2. The van der Waals surface area contributed by atoms with Crippen LogP contribution in [0.4, 0.5) is 11.4 Å². The second-order valence-electron chi connectivity index (χ2n) is 6.69. The maximum atomic E-state index is 12.9. The first kappa shape index (κ1) is 23.7. The number of amides is 1. The van der Waals surface area contributed by atoms with Crippen LogP contribution in [0.2, 0.25) is 0 Å². The normalized spacial score (nSPS) is 10.8. The van der Waals surface area contributed by atoms with Crippen LogP contribution in [0.25, 0.3) is 0 Å². The van der Waals surface area contributed by atoms with Crippen molar-refractivity contribution in [2.45, 2.75) is 4.90 Å². The van der Waals surface area contributed by atoms with Gasteiger partial charge in [-0.2, -0.15) is 0 Å². The first-order chi connectivity index (χ1) is 15.8. The van der Waals surface area contributed by atoms with Crippen molar-refractivity contribution in [2.24, 2.45) is 0 Å². The van der Waals surface area contributed by atoms with Crippen LogP contribution in [0, 0.1) is 0 Å². The van der Waals surface area contributed by atoms with Gasteiger partial charge < -0.3 is 24.3 Å². The summed E-state index contributed by atoms with van der Waals surface area (Å²) in [5.74, 6) is 1.05. The lowest BCUT2D eigenvalue weighted by Crippen LogP contribution is -2.16. The molecule has 0 spiro atoms. The maximum Gasteiger partial charge on any atom is 0.263 e. The Labute approximate surface area is 192 Å². The third-order valence-electron chi connectivity index (χ3n) is 4.73. The summed E-state index contributed by atoms with van der Waals surface area (Å²) in [6.07, 6.45) is 0. The van der Waals surface area contributed by atoms with Gasteiger partial charge in [-0.15, -0.1) is 0 Å². The van der Waals surface area contributed by atoms with E-state index in [4.69, 9.17) is 18.9 Å². The maximum absolute atomic E-state index is 12.9. The van der Waals surface area contributed by atoms with Gasteiger partial charge >= 0.3 is 0 Å². The van der Waals surface area contributed by atoms with E-state index in [1.165, 1.54) is 58.8 Å². The monoisotopic (exact) mass is 472 g/mol. The Hall–Kier alpha value is -3.92. The highest BCUT2D eigenvalue weighted by atomic mass is 32.2. The van der Waals surface area contributed by atoms with E-state index in [2.05, 4.69) is 10.0 Å². The third-order valence-corrected chi connectivity index (χ3v) is 6.11. The highest BCUT2D eigenvalue weighted by Gasteiger charge is 2.20. The molecule has 0 heterocycles. The van der Waals surface area contributed by atoms with Crippen LogP contribution < -0.4 is 29.0 Å². The average molecular weight is 473 g/mol. The van der Waals surface area contributed by atoms with Crippen molar-refractivity contribution < 1.29 is 32.2 Å². The predicted molar refractivity (Wildman–Crippen MR) is 124 cm³/mol. The Morgan fingerprint density at radius 2 is 1.36 bits per heavy atom. The lowest BCUT2D eigenvalue weighted by molar-refractivity contribution is 0.102. The number of carbonyl (C=O) groups excluding carboxylic acids is 1. The van der Waals surface area contributed by atoms with E-state index in [0.29, 0.717) is 28.7 Å². The molecule has 33 heavy (non-hydrogen) atoms. The molecule has 0 atom stereocenters. The first-order valence-corrected chi connectivity index (χ1v) is 11.2. The van der Waals surface area contributed by atoms with E-state index >= 15 is 0 Å². The molecule has 0 aliphatic carbocycles. The van der Waals surface area contributed by atoms with E-state index < -0.39 is 15.9 Å². The zero-order valence-electron chi connectivity index (χ0n) is 18.5. The van der Waals surface area contributed by atoms with Gasteiger partial charge in [-0.25, -0.2) is 8.42 Å². The number of ether oxygens (including phenoxy) is 4. The fraction of sp³-hybridized carbons (Fsp3) is 0.174. The topological polar surface area (TPSA) is 112 Å². The largest absolute Gasteiger partial charge is 0.497 e. The Morgan fingerprint density at radius 3 is 1.91 bits per heavy atom. The Kier molecular flexibility index (Phi) is 7.29. The molecule has 3 aromatic rings. The number of benzene rings is 3. The minimum absolute atomic E-state index is 0.000226. The van der Waals surface area contributed by atoms with Crippen LogP contribution in [0.3, 0.4) is 0 Å². The molecule has 0 saturated carbocycles. The summed E-state index contributed by atoms with van der Waals surface area (Å²) in [7, 11) is 1.90. The van der Waals surface area contributed by atoms with Crippen molar-refractivity contribution in [3.8, 4) is 23.0 Å². The lowest BCUT2D eigenvalue weighted by Gasteiger charge is -2.14. The van der Waals surface area contributed by atoms with Crippen molar-refractivity contribution in [3.05, 3.63) is 66.2 Å². The standard InChI is InChI=1S/C23H24N2O7S/c1-29-16-10-13-19(30-2)18(14-16)25-33(27,28)17-11-8-15(9-12-17)24-23(26)22-20(31-3)6-5-7-21(22)32-4/h5-14,25H,1-4H3,(H,24,26).